The molecule has 0 bridgehead atoms. The Kier molecular flexibility index (Phi) is 4.70. The van der Waals surface area contributed by atoms with Crippen LogP contribution in [-0.2, 0) is 9.47 Å². The zero-order valence-electron chi connectivity index (χ0n) is 12.0. The Morgan fingerprint density at radius 1 is 1.00 bits per heavy atom. The molecule has 1 aliphatic heterocycles. The van der Waals surface area contributed by atoms with Crippen molar-refractivity contribution in [3.05, 3.63) is 0 Å². The molecule has 0 N–H and O–H groups in total. The smallest absolute Gasteiger partial charge is 0.233 e. The van der Waals surface area contributed by atoms with Crippen molar-refractivity contribution in [2.45, 2.75) is 58.7 Å². The third-order valence-corrected chi connectivity index (χ3v) is 4.21. The summed E-state index contributed by atoms with van der Waals surface area (Å²) in [6.45, 7) is 7.93. The first-order valence-corrected chi connectivity index (χ1v) is 7.35. The third-order valence-electron chi connectivity index (χ3n) is 4.21. The van der Waals surface area contributed by atoms with Crippen LogP contribution < -0.4 is 0 Å². The Labute approximate surface area is 111 Å². The second-order valence-electron chi connectivity index (χ2n) is 6.19. The first kappa shape index (κ1) is 13.9. The molecule has 0 spiro atoms. The van der Waals surface area contributed by atoms with E-state index in [1.807, 2.05) is 6.92 Å². The lowest BCUT2D eigenvalue weighted by Gasteiger charge is -2.39. The fourth-order valence-corrected chi connectivity index (χ4v) is 2.99. The van der Waals surface area contributed by atoms with Crippen molar-refractivity contribution in [1.29, 1.82) is 0 Å². The van der Waals surface area contributed by atoms with E-state index in [2.05, 4.69) is 25.7 Å². The van der Waals surface area contributed by atoms with E-state index in [4.69, 9.17) is 9.47 Å². The predicted molar refractivity (Wildman–Crippen MR) is 73.0 cm³/mol. The van der Waals surface area contributed by atoms with Crippen molar-refractivity contribution in [1.82, 2.24) is 0 Å². The first-order chi connectivity index (χ1) is 8.63. The molecular weight excluding hydrogens is 224 g/mol. The molecule has 0 atom stereocenters. The van der Waals surface area contributed by atoms with Gasteiger partial charge in [-0.05, 0) is 37.5 Å². The van der Waals surface area contributed by atoms with Gasteiger partial charge >= 0.3 is 0 Å². The maximum atomic E-state index is 5.95. The molecule has 2 rings (SSSR count). The molecule has 0 radical (unpaired) electrons. The minimum atomic E-state index is -0.605. The Morgan fingerprint density at radius 2 is 1.61 bits per heavy atom. The first-order valence-electron chi connectivity index (χ1n) is 7.35. The zero-order chi connectivity index (χ0) is 13.0. The average molecular weight is 250 g/mol. The fraction of sp³-hybridized carbons (Fsp3) is 0.875. The summed E-state index contributed by atoms with van der Waals surface area (Å²) in [4.78, 5) is 0. The number of rotatable bonds is 2. The molecule has 1 saturated carbocycles. The van der Waals surface area contributed by atoms with E-state index < -0.39 is 5.79 Å². The molecule has 2 heteroatoms. The van der Waals surface area contributed by atoms with Gasteiger partial charge in [0, 0.05) is 12.3 Å². The minimum Gasteiger partial charge on any atom is -0.339 e. The van der Waals surface area contributed by atoms with E-state index in [-0.39, 0.29) is 0 Å². The van der Waals surface area contributed by atoms with E-state index in [0.29, 0.717) is 5.92 Å². The SMILES string of the molecule is CC#CC1(CC2CCC(C)CC2)OCC(C)CO1. The lowest BCUT2D eigenvalue weighted by molar-refractivity contribution is -0.254. The van der Waals surface area contributed by atoms with Crippen LogP contribution in [-0.4, -0.2) is 19.0 Å². The minimum absolute atomic E-state index is 0.489. The van der Waals surface area contributed by atoms with Crippen molar-refractivity contribution in [3.8, 4) is 11.8 Å². The number of hydrogen-bond donors (Lipinski definition) is 0. The Balaban J connectivity index is 1.95. The zero-order valence-corrected chi connectivity index (χ0v) is 12.0. The molecule has 0 aromatic heterocycles. The molecule has 1 heterocycles. The van der Waals surface area contributed by atoms with E-state index in [0.717, 1.165) is 31.5 Å². The van der Waals surface area contributed by atoms with Gasteiger partial charge in [0.2, 0.25) is 5.79 Å². The fourth-order valence-electron chi connectivity index (χ4n) is 2.99. The molecule has 18 heavy (non-hydrogen) atoms. The second kappa shape index (κ2) is 6.08. The van der Waals surface area contributed by atoms with Gasteiger partial charge in [0.05, 0.1) is 13.2 Å². The lowest BCUT2D eigenvalue weighted by atomic mass is 9.79. The highest BCUT2D eigenvalue weighted by Gasteiger charge is 2.38. The van der Waals surface area contributed by atoms with Crippen LogP contribution in [0, 0.1) is 29.6 Å². The highest BCUT2D eigenvalue weighted by molar-refractivity contribution is 5.10. The largest absolute Gasteiger partial charge is 0.339 e. The monoisotopic (exact) mass is 250 g/mol. The summed E-state index contributed by atoms with van der Waals surface area (Å²) in [7, 11) is 0. The highest BCUT2D eigenvalue weighted by atomic mass is 16.7. The molecule has 0 aromatic carbocycles. The highest BCUT2D eigenvalue weighted by Crippen LogP contribution is 2.36. The number of ether oxygens (including phenoxy) is 2. The van der Waals surface area contributed by atoms with Crippen molar-refractivity contribution < 1.29 is 9.47 Å². The molecular formula is C16H26O2. The molecule has 0 amide bonds. The molecule has 2 fully saturated rings. The van der Waals surface area contributed by atoms with Crippen LogP contribution in [0.1, 0.15) is 52.9 Å². The summed E-state index contributed by atoms with van der Waals surface area (Å²) >= 11 is 0. The average Bonchev–Trinajstić information content (AvgIpc) is 2.37. The van der Waals surface area contributed by atoms with Crippen LogP contribution in [0.2, 0.25) is 0 Å². The van der Waals surface area contributed by atoms with Crippen LogP contribution in [0.25, 0.3) is 0 Å². The van der Waals surface area contributed by atoms with Gasteiger partial charge in [-0.15, -0.1) is 5.92 Å². The van der Waals surface area contributed by atoms with Crippen molar-refractivity contribution in [2.75, 3.05) is 13.2 Å². The molecule has 2 nitrogen and oxygen atoms in total. The van der Waals surface area contributed by atoms with Gasteiger partial charge in [-0.2, -0.15) is 0 Å². The molecule has 1 saturated heterocycles. The Bertz CT molecular complexity index is 310. The molecule has 0 aromatic rings. The molecule has 2 aliphatic rings. The van der Waals surface area contributed by atoms with Crippen LogP contribution >= 0.6 is 0 Å². The van der Waals surface area contributed by atoms with Crippen molar-refractivity contribution >= 4 is 0 Å². The van der Waals surface area contributed by atoms with Gasteiger partial charge in [0.25, 0.3) is 0 Å². The lowest BCUT2D eigenvalue weighted by Crippen LogP contribution is -2.44. The molecule has 0 unspecified atom stereocenters. The van der Waals surface area contributed by atoms with E-state index >= 15 is 0 Å². The summed E-state index contributed by atoms with van der Waals surface area (Å²) in [6.07, 6.45) is 6.24. The van der Waals surface area contributed by atoms with Gasteiger partial charge in [0.1, 0.15) is 0 Å². The summed E-state index contributed by atoms with van der Waals surface area (Å²) in [6, 6.07) is 0. The van der Waals surface area contributed by atoms with Crippen LogP contribution in [0.3, 0.4) is 0 Å². The summed E-state index contributed by atoms with van der Waals surface area (Å²) in [5.74, 6) is 7.67. The van der Waals surface area contributed by atoms with Crippen LogP contribution in [0.5, 0.6) is 0 Å². The number of hydrogen-bond acceptors (Lipinski definition) is 2. The third kappa shape index (κ3) is 3.49. The normalized spacial score (nSPS) is 40.9. The molecule has 102 valence electrons. The summed E-state index contributed by atoms with van der Waals surface area (Å²) in [5, 5.41) is 0. The Morgan fingerprint density at radius 3 is 2.17 bits per heavy atom. The van der Waals surface area contributed by atoms with Gasteiger partial charge in [0.15, 0.2) is 0 Å². The second-order valence-corrected chi connectivity index (χ2v) is 6.19. The van der Waals surface area contributed by atoms with Crippen LogP contribution in [0.15, 0.2) is 0 Å². The van der Waals surface area contributed by atoms with Gasteiger partial charge in [-0.25, -0.2) is 0 Å². The summed E-state index contributed by atoms with van der Waals surface area (Å²) < 4.78 is 11.9. The van der Waals surface area contributed by atoms with Crippen molar-refractivity contribution in [3.63, 3.8) is 0 Å². The summed E-state index contributed by atoms with van der Waals surface area (Å²) in [5.41, 5.74) is 0. The molecule has 1 aliphatic carbocycles. The van der Waals surface area contributed by atoms with E-state index in [1.165, 1.54) is 25.7 Å². The van der Waals surface area contributed by atoms with Gasteiger partial charge < -0.3 is 9.47 Å². The van der Waals surface area contributed by atoms with Gasteiger partial charge in [-0.1, -0.05) is 26.7 Å². The van der Waals surface area contributed by atoms with E-state index in [1.54, 1.807) is 0 Å². The standard InChI is InChI=1S/C16H26O2/c1-4-9-16(17-11-14(3)12-18-16)10-15-7-5-13(2)6-8-15/h13-15H,5-8,10-12H2,1-3H3. The predicted octanol–water partition coefficient (Wildman–Crippen LogP) is 3.61. The van der Waals surface area contributed by atoms with Crippen molar-refractivity contribution in [2.24, 2.45) is 17.8 Å². The maximum Gasteiger partial charge on any atom is 0.233 e. The van der Waals surface area contributed by atoms with Crippen LogP contribution in [0.4, 0.5) is 0 Å². The quantitative estimate of drug-likeness (QED) is 0.697. The van der Waals surface area contributed by atoms with Gasteiger partial charge in [-0.3, -0.25) is 0 Å². The topological polar surface area (TPSA) is 18.5 Å². The Hall–Kier alpha value is -0.520. The maximum absolute atomic E-state index is 5.95. The van der Waals surface area contributed by atoms with E-state index in [9.17, 15) is 0 Å².